The number of piperidine rings is 1. The molecule has 2 aliphatic heterocycles. The Morgan fingerprint density at radius 2 is 1.75 bits per heavy atom. The molecule has 6 rings (SSSR count). The molecule has 4 aromatic rings. The number of alkyl halides is 3. The molecule has 53 heavy (non-hydrogen) atoms. The Balaban J connectivity index is 1.49. The van der Waals surface area contributed by atoms with Crippen molar-refractivity contribution in [2.75, 3.05) is 44.6 Å². The zero-order chi connectivity index (χ0) is 50.9. The van der Waals surface area contributed by atoms with Crippen LogP contribution in [0.4, 0.5) is 27.6 Å². The maximum Gasteiger partial charge on any atom is 0.416 e. The summed E-state index contributed by atoms with van der Waals surface area (Å²) < 4.78 is 204. The van der Waals surface area contributed by atoms with Gasteiger partial charge in [0.2, 0.25) is 5.91 Å². The van der Waals surface area contributed by atoms with Crippen LogP contribution in [-0.4, -0.2) is 66.6 Å². The highest BCUT2D eigenvalue weighted by Crippen LogP contribution is 2.41. The van der Waals surface area contributed by atoms with Crippen LogP contribution < -0.4 is 4.90 Å². The lowest BCUT2D eigenvalue weighted by Crippen LogP contribution is -2.50. The van der Waals surface area contributed by atoms with E-state index in [4.69, 9.17) is 15.1 Å². The molecule has 0 aromatic heterocycles. The first-order chi connectivity index (χ1) is 31.2. The van der Waals surface area contributed by atoms with Crippen LogP contribution in [0.1, 0.15) is 67.3 Å². The number of anilines is 1. The molecular weight excluding hydrogens is 710 g/mol. The summed E-state index contributed by atoms with van der Waals surface area (Å²) in [7, 11) is -3.12. The van der Waals surface area contributed by atoms with Crippen LogP contribution in [0.3, 0.4) is 0 Å². The van der Waals surface area contributed by atoms with Crippen molar-refractivity contribution in [1.29, 1.82) is 0 Å². The Morgan fingerprint density at radius 1 is 1.06 bits per heavy atom. The van der Waals surface area contributed by atoms with E-state index in [2.05, 4.69) is 4.74 Å². The summed E-state index contributed by atoms with van der Waals surface area (Å²) in [4.78, 5) is 17.6. The lowest BCUT2D eigenvalue weighted by molar-refractivity contribution is -0.137. The van der Waals surface area contributed by atoms with Crippen molar-refractivity contribution < 1.29 is 57.2 Å². The summed E-state index contributed by atoms with van der Waals surface area (Å²) in [6.07, 6.45) is -7.32. The number of amides is 1. The molecular formula is C41H42F5N3O3S. The number of halogens is 5. The van der Waals surface area contributed by atoms with Crippen molar-refractivity contribution >= 4 is 23.4 Å². The van der Waals surface area contributed by atoms with Crippen LogP contribution in [0.15, 0.2) is 95.9 Å². The summed E-state index contributed by atoms with van der Waals surface area (Å²) in [5.74, 6) is -4.92. The standard InChI is InChI=1S/C41H42F5N3O3S/c1-27-6-15-36-34(22-27)37(50)23-39(53-26-31-4-3-5-35(42)40(31)43)49(36)25-38(51)48(33-16-18-47(19-17-33)20-21-52-2)24-28-7-9-29(10-8-28)30-11-13-32(14-12-30)41(44,45)46/h3-15,22-23,33,37,50H,16-21,24-26H2,1-2H3/i2D3,6D,15D,21D2,22D,23D,24D2,25D2,26D2. The Morgan fingerprint density at radius 3 is 2.43 bits per heavy atom. The number of carbonyl (C=O) groups excluding carboxylic acids is 1. The largest absolute Gasteiger partial charge is 0.416 e. The number of hydrogen-bond acceptors (Lipinski definition) is 6. The van der Waals surface area contributed by atoms with E-state index in [1.165, 1.54) is 48.2 Å². The summed E-state index contributed by atoms with van der Waals surface area (Å²) in [6.45, 7) is -9.21. The third-order valence-electron chi connectivity index (χ3n) is 8.50. The van der Waals surface area contributed by atoms with Gasteiger partial charge in [0.05, 0.1) is 35.0 Å². The third-order valence-corrected chi connectivity index (χ3v) is 9.32. The van der Waals surface area contributed by atoms with E-state index >= 15 is 9.18 Å². The van der Waals surface area contributed by atoms with E-state index in [-0.39, 0.29) is 53.7 Å². The summed E-state index contributed by atoms with van der Waals surface area (Å²) in [5.41, 5.74) is -6.45. The number of carbonyl (C=O) groups is 1. The van der Waals surface area contributed by atoms with Crippen molar-refractivity contribution in [2.45, 2.75) is 50.3 Å². The van der Waals surface area contributed by atoms with Crippen LogP contribution in [0.25, 0.3) is 11.1 Å². The molecule has 1 unspecified atom stereocenters. The molecule has 280 valence electrons. The van der Waals surface area contributed by atoms with Gasteiger partial charge in [0.25, 0.3) is 0 Å². The Bertz CT molecular complexity index is 2600. The highest BCUT2D eigenvalue weighted by Gasteiger charge is 2.33. The van der Waals surface area contributed by atoms with Gasteiger partial charge in [-0.25, -0.2) is 8.78 Å². The predicted octanol–water partition coefficient (Wildman–Crippen LogP) is 8.73. The highest BCUT2D eigenvalue weighted by atomic mass is 32.2. The molecule has 1 saturated heterocycles. The first kappa shape index (κ1) is 23.5. The van der Waals surface area contributed by atoms with Gasteiger partial charge in [0, 0.05) is 64.5 Å². The molecule has 1 fully saturated rings. The van der Waals surface area contributed by atoms with E-state index in [9.17, 15) is 28.2 Å². The number of aliphatic hydroxyl groups is 1. The molecule has 1 atom stereocenters. The van der Waals surface area contributed by atoms with E-state index in [0.29, 0.717) is 22.1 Å². The third kappa shape index (κ3) is 9.29. The molecule has 0 radical (unpaired) electrons. The van der Waals surface area contributed by atoms with Crippen molar-refractivity contribution in [3.8, 4) is 11.1 Å². The van der Waals surface area contributed by atoms with Crippen LogP contribution in [-0.2, 0) is 27.9 Å². The summed E-state index contributed by atoms with van der Waals surface area (Å²) in [6, 6.07) is 6.96. The predicted molar refractivity (Wildman–Crippen MR) is 198 cm³/mol. The van der Waals surface area contributed by atoms with Gasteiger partial charge < -0.3 is 24.5 Å². The van der Waals surface area contributed by atoms with Gasteiger partial charge in [-0.3, -0.25) is 4.79 Å². The molecule has 1 N–H and O–H groups in total. The quantitative estimate of drug-likeness (QED) is 0.146. The van der Waals surface area contributed by atoms with Gasteiger partial charge in [-0.2, -0.15) is 13.2 Å². The fourth-order valence-corrected chi connectivity index (χ4v) is 6.52. The molecule has 4 aromatic carbocycles. The molecule has 12 heteroatoms. The SMILES string of the molecule is [2H]C1=C(SC([2H])([2H])c2cccc(F)c2F)N(C([2H])([2H])C(=O)N(C2CCN(CC([2H])([2H])OC([2H])([2H])[2H])CC2)C([2H])([2H])c2ccc(-c3ccc(C(F)(F)F)cc3)cc2)c2c([2H])c([2H])c(C)c([2H])c2C1O. The molecule has 6 nitrogen and oxygen atoms in total. The number of likely N-dealkylation sites (tertiary alicyclic amines) is 1. The average molecular weight is 767 g/mol. The van der Waals surface area contributed by atoms with Gasteiger partial charge in [-0.15, -0.1) is 11.8 Å². The maximum atomic E-state index is 15.4. The number of methoxy groups -OCH3 is 1. The van der Waals surface area contributed by atoms with Crippen molar-refractivity contribution in [3.63, 3.8) is 0 Å². The van der Waals surface area contributed by atoms with E-state index in [0.717, 1.165) is 24.3 Å². The minimum Gasteiger partial charge on any atom is -0.384 e. The second-order valence-corrected chi connectivity index (χ2v) is 12.9. The molecule has 0 spiro atoms. The van der Waals surface area contributed by atoms with Crippen LogP contribution in [0.5, 0.6) is 0 Å². The number of benzene rings is 4. The molecule has 2 heterocycles. The minimum absolute atomic E-state index is 0.152. The number of aliphatic hydroxyl groups excluding tert-OH is 1. The smallest absolute Gasteiger partial charge is 0.384 e. The Hall–Kier alpha value is -4.23. The lowest BCUT2D eigenvalue weighted by Gasteiger charge is -2.40. The van der Waals surface area contributed by atoms with Gasteiger partial charge in [-0.1, -0.05) is 66.2 Å². The Kier molecular flexibility index (Phi) is 7.48. The molecule has 0 bridgehead atoms. The fourth-order valence-electron chi connectivity index (χ4n) is 5.75. The maximum absolute atomic E-state index is 15.4. The normalized spacial score (nSPS) is 22.4. The second-order valence-electron chi connectivity index (χ2n) is 12.1. The summed E-state index contributed by atoms with van der Waals surface area (Å²) >= 11 is -0.169. The fraction of sp³-hybridized carbons (Fsp3) is 0.341. The van der Waals surface area contributed by atoms with Gasteiger partial charge in [0.15, 0.2) is 11.6 Å². The topological polar surface area (TPSA) is 56.3 Å². The number of ether oxygens (including phenoxy) is 1. The van der Waals surface area contributed by atoms with Gasteiger partial charge in [-0.05, 0) is 66.7 Å². The number of rotatable bonds is 12. The van der Waals surface area contributed by atoms with Gasteiger partial charge >= 0.3 is 6.18 Å². The zero-order valence-electron chi connectivity index (χ0n) is 42.9. The highest BCUT2D eigenvalue weighted by molar-refractivity contribution is 8.02. The van der Waals surface area contributed by atoms with Crippen LogP contribution in [0, 0.1) is 18.6 Å². The first-order valence-electron chi connectivity index (χ1n) is 23.7. The number of nitrogens with zero attached hydrogens (tertiary/aromatic N) is 3. The second kappa shape index (κ2) is 16.8. The molecule has 0 aliphatic carbocycles. The molecule has 2 aliphatic rings. The minimum atomic E-state index is -4.63. The number of hydrogen-bond donors (Lipinski definition) is 1. The van der Waals surface area contributed by atoms with Crippen LogP contribution >= 0.6 is 11.8 Å². The van der Waals surface area contributed by atoms with Gasteiger partial charge in [0.1, 0.15) is 12.6 Å². The van der Waals surface area contributed by atoms with E-state index in [1.807, 2.05) is 0 Å². The monoisotopic (exact) mass is 766 g/mol. The van der Waals surface area contributed by atoms with E-state index in [1.54, 1.807) is 0 Å². The van der Waals surface area contributed by atoms with Crippen molar-refractivity contribution in [3.05, 3.63) is 135 Å². The van der Waals surface area contributed by atoms with E-state index < -0.39 is 126 Å². The van der Waals surface area contributed by atoms with Crippen molar-refractivity contribution in [2.24, 2.45) is 0 Å². The first-order valence-corrected chi connectivity index (χ1v) is 17.0. The molecule has 0 saturated carbocycles. The molecule has 1 amide bonds. The number of thioether (sulfide) groups is 1. The Labute approximate surface area is 331 Å². The average Bonchev–Trinajstić information content (AvgIpc) is 3.23. The number of fused-ring (bicyclic) bond motifs is 1. The van der Waals surface area contributed by atoms with Crippen molar-refractivity contribution in [1.82, 2.24) is 9.80 Å². The summed E-state index contributed by atoms with van der Waals surface area (Å²) in [5, 5.41) is 10.5. The van der Waals surface area contributed by atoms with Crippen LogP contribution in [0.2, 0.25) is 0 Å². The lowest BCUT2D eigenvalue weighted by atomic mass is 9.99. The zero-order valence-corrected chi connectivity index (χ0v) is 28.8.